The number of amides is 1. The van der Waals surface area contributed by atoms with E-state index in [1.165, 1.54) is 4.31 Å². The molecule has 0 aliphatic carbocycles. The third-order valence-corrected chi connectivity index (χ3v) is 4.48. The van der Waals surface area contributed by atoms with Gasteiger partial charge < -0.3 is 5.32 Å². The molecule has 0 saturated carbocycles. The molecule has 1 aliphatic rings. The third-order valence-electron chi connectivity index (χ3n) is 2.58. The minimum atomic E-state index is -3.24. The number of nitrogens with zero attached hydrogens (tertiary/aromatic N) is 1. The molecule has 1 amide bonds. The van der Waals surface area contributed by atoms with Crippen LogP contribution in [0.25, 0.3) is 0 Å². The Morgan fingerprint density at radius 2 is 2.12 bits per heavy atom. The number of rotatable bonds is 5. The van der Waals surface area contributed by atoms with Gasteiger partial charge >= 0.3 is 0 Å². The summed E-state index contributed by atoms with van der Waals surface area (Å²) in [5, 5.41) is 2.61. The monoisotopic (exact) mass is 248 g/mol. The summed E-state index contributed by atoms with van der Waals surface area (Å²) in [6.45, 7) is 4.93. The standard InChI is InChI=1S/C10H20N2O3S/c1-9(2)4-3-7-16(14,15)12-6-5-11-10(13)8-12/h9H,3-8H2,1-2H3,(H,11,13). The van der Waals surface area contributed by atoms with Crippen LogP contribution in [0.1, 0.15) is 26.7 Å². The molecule has 6 heteroatoms. The van der Waals surface area contributed by atoms with Crippen molar-refractivity contribution in [2.24, 2.45) is 5.92 Å². The Bertz CT molecular complexity index is 338. The fourth-order valence-electron chi connectivity index (χ4n) is 1.66. The molecule has 1 saturated heterocycles. The Hall–Kier alpha value is -0.620. The predicted octanol–water partition coefficient (Wildman–Crippen LogP) is 0.184. The van der Waals surface area contributed by atoms with Crippen molar-refractivity contribution in [1.29, 1.82) is 0 Å². The van der Waals surface area contributed by atoms with Gasteiger partial charge in [-0.2, -0.15) is 4.31 Å². The number of carbonyl (C=O) groups excluding carboxylic acids is 1. The lowest BCUT2D eigenvalue weighted by Crippen LogP contribution is -2.50. The van der Waals surface area contributed by atoms with Gasteiger partial charge in [0.15, 0.2) is 0 Å². The van der Waals surface area contributed by atoms with E-state index in [1.54, 1.807) is 0 Å². The van der Waals surface area contributed by atoms with Gasteiger partial charge in [-0.1, -0.05) is 13.8 Å². The Kier molecular flexibility index (Phi) is 4.73. The zero-order valence-electron chi connectivity index (χ0n) is 9.90. The van der Waals surface area contributed by atoms with Crippen LogP contribution >= 0.6 is 0 Å². The van der Waals surface area contributed by atoms with Crippen LogP contribution in [-0.4, -0.2) is 44.0 Å². The predicted molar refractivity (Wildman–Crippen MR) is 62.4 cm³/mol. The lowest BCUT2D eigenvalue weighted by molar-refractivity contribution is -0.122. The van der Waals surface area contributed by atoms with Crippen molar-refractivity contribution in [1.82, 2.24) is 9.62 Å². The van der Waals surface area contributed by atoms with Crippen LogP contribution in [-0.2, 0) is 14.8 Å². The summed E-state index contributed by atoms with van der Waals surface area (Å²) in [4.78, 5) is 11.1. The number of hydrogen-bond donors (Lipinski definition) is 1. The molecule has 0 aromatic heterocycles. The molecule has 0 radical (unpaired) electrons. The van der Waals surface area contributed by atoms with E-state index in [9.17, 15) is 13.2 Å². The smallest absolute Gasteiger partial charge is 0.235 e. The van der Waals surface area contributed by atoms with Gasteiger partial charge in [0.2, 0.25) is 15.9 Å². The molecule has 1 N–H and O–H groups in total. The zero-order valence-corrected chi connectivity index (χ0v) is 10.7. The van der Waals surface area contributed by atoms with Crippen molar-refractivity contribution in [2.45, 2.75) is 26.7 Å². The minimum Gasteiger partial charge on any atom is -0.354 e. The van der Waals surface area contributed by atoms with Crippen LogP contribution in [0, 0.1) is 5.92 Å². The SMILES string of the molecule is CC(C)CCCS(=O)(=O)N1CCNC(=O)C1. The molecule has 1 rings (SSSR count). The molecule has 16 heavy (non-hydrogen) atoms. The molecule has 1 fully saturated rings. The minimum absolute atomic E-state index is 0.0238. The average Bonchev–Trinajstić information content (AvgIpc) is 2.16. The first-order chi connectivity index (χ1) is 7.42. The van der Waals surface area contributed by atoms with Crippen molar-refractivity contribution >= 4 is 15.9 Å². The van der Waals surface area contributed by atoms with Crippen LogP contribution in [0.2, 0.25) is 0 Å². The zero-order chi connectivity index (χ0) is 12.2. The van der Waals surface area contributed by atoms with E-state index in [4.69, 9.17) is 0 Å². The molecular weight excluding hydrogens is 228 g/mol. The molecule has 0 atom stereocenters. The van der Waals surface area contributed by atoms with Crippen molar-refractivity contribution in [3.63, 3.8) is 0 Å². The highest BCUT2D eigenvalue weighted by atomic mass is 32.2. The quantitative estimate of drug-likeness (QED) is 0.755. The summed E-state index contributed by atoms with van der Waals surface area (Å²) in [5.74, 6) is 0.455. The van der Waals surface area contributed by atoms with Gasteiger partial charge in [0.05, 0.1) is 12.3 Å². The lowest BCUT2D eigenvalue weighted by Gasteiger charge is -2.25. The van der Waals surface area contributed by atoms with Crippen LogP contribution in [0.3, 0.4) is 0 Å². The molecule has 0 bridgehead atoms. The molecule has 94 valence electrons. The van der Waals surface area contributed by atoms with Crippen molar-refractivity contribution in [3.8, 4) is 0 Å². The third kappa shape index (κ3) is 4.09. The fraction of sp³-hybridized carbons (Fsp3) is 0.900. The highest BCUT2D eigenvalue weighted by Gasteiger charge is 2.26. The van der Waals surface area contributed by atoms with E-state index in [-0.39, 0.29) is 18.2 Å². The average molecular weight is 248 g/mol. The van der Waals surface area contributed by atoms with Crippen LogP contribution in [0.15, 0.2) is 0 Å². The summed E-state index contributed by atoms with van der Waals surface area (Å²) >= 11 is 0. The molecule has 0 unspecified atom stereocenters. The first kappa shape index (κ1) is 13.4. The maximum Gasteiger partial charge on any atom is 0.235 e. The Balaban J connectivity index is 2.46. The normalized spacial score (nSPS) is 18.8. The van der Waals surface area contributed by atoms with Gasteiger partial charge in [0.1, 0.15) is 0 Å². The molecular formula is C10H20N2O3S. The first-order valence-corrected chi connectivity index (χ1v) is 7.27. The van der Waals surface area contributed by atoms with Gasteiger partial charge in [-0.15, -0.1) is 0 Å². The van der Waals surface area contributed by atoms with Crippen LogP contribution in [0.5, 0.6) is 0 Å². The van der Waals surface area contributed by atoms with Gasteiger partial charge in [-0.3, -0.25) is 4.79 Å². The Morgan fingerprint density at radius 3 is 2.69 bits per heavy atom. The van der Waals surface area contributed by atoms with E-state index < -0.39 is 10.0 Å². The lowest BCUT2D eigenvalue weighted by atomic mass is 10.1. The van der Waals surface area contributed by atoms with E-state index in [0.717, 1.165) is 6.42 Å². The number of carbonyl (C=O) groups is 1. The molecule has 0 aromatic carbocycles. The summed E-state index contributed by atoms with van der Waals surface area (Å²) in [6.07, 6.45) is 1.57. The molecule has 1 heterocycles. The summed E-state index contributed by atoms with van der Waals surface area (Å²) in [7, 11) is -3.24. The summed E-state index contributed by atoms with van der Waals surface area (Å²) in [6, 6.07) is 0. The van der Waals surface area contributed by atoms with Gasteiger partial charge in [0.25, 0.3) is 0 Å². The first-order valence-electron chi connectivity index (χ1n) is 5.66. The maximum atomic E-state index is 11.9. The second-order valence-corrected chi connectivity index (χ2v) is 6.62. The highest BCUT2D eigenvalue weighted by Crippen LogP contribution is 2.10. The van der Waals surface area contributed by atoms with Gasteiger partial charge in [-0.05, 0) is 18.8 Å². The van der Waals surface area contributed by atoms with E-state index in [2.05, 4.69) is 19.2 Å². The van der Waals surface area contributed by atoms with Crippen LogP contribution < -0.4 is 5.32 Å². The molecule has 1 aliphatic heterocycles. The van der Waals surface area contributed by atoms with Crippen molar-refractivity contribution in [3.05, 3.63) is 0 Å². The highest BCUT2D eigenvalue weighted by molar-refractivity contribution is 7.89. The Labute approximate surface area is 97.2 Å². The molecule has 0 spiro atoms. The van der Waals surface area contributed by atoms with Gasteiger partial charge in [-0.25, -0.2) is 8.42 Å². The Morgan fingerprint density at radius 1 is 1.44 bits per heavy atom. The van der Waals surface area contributed by atoms with E-state index in [1.807, 2.05) is 0 Å². The number of nitrogens with one attached hydrogen (secondary N) is 1. The summed E-state index contributed by atoms with van der Waals surface area (Å²) < 4.78 is 25.0. The van der Waals surface area contributed by atoms with E-state index in [0.29, 0.717) is 25.4 Å². The van der Waals surface area contributed by atoms with Crippen molar-refractivity contribution < 1.29 is 13.2 Å². The second kappa shape index (κ2) is 5.63. The molecule has 5 nitrogen and oxygen atoms in total. The maximum absolute atomic E-state index is 11.9. The van der Waals surface area contributed by atoms with Gasteiger partial charge in [0, 0.05) is 13.1 Å². The fourth-order valence-corrected chi connectivity index (χ4v) is 3.13. The van der Waals surface area contributed by atoms with E-state index >= 15 is 0 Å². The van der Waals surface area contributed by atoms with Crippen LogP contribution in [0.4, 0.5) is 0 Å². The second-order valence-electron chi connectivity index (χ2n) is 4.54. The topological polar surface area (TPSA) is 66.5 Å². The molecule has 0 aromatic rings. The number of piperazine rings is 1. The largest absolute Gasteiger partial charge is 0.354 e. The van der Waals surface area contributed by atoms with Crippen molar-refractivity contribution in [2.75, 3.05) is 25.4 Å². The number of sulfonamides is 1. The summed E-state index contributed by atoms with van der Waals surface area (Å²) in [5.41, 5.74) is 0. The number of hydrogen-bond acceptors (Lipinski definition) is 3.